The van der Waals surface area contributed by atoms with Gasteiger partial charge in [-0.2, -0.15) is 0 Å². The summed E-state index contributed by atoms with van der Waals surface area (Å²) in [6.07, 6.45) is 2.02. The maximum atomic E-state index is 13.3. The minimum atomic E-state index is 0.0479. The summed E-state index contributed by atoms with van der Waals surface area (Å²) in [6, 6.07) is 12.0. The number of nitrogens with zero attached hydrogens (tertiary/aromatic N) is 3. The summed E-state index contributed by atoms with van der Waals surface area (Å²) in [5.74, 6) is 1.51. The van der Waals surface area contributed by atoms with Gasteiger partial charge in [-0.05, 0) is 51.3 Å². The summed E-state index contributed by atoms with van der Waals surface area (Å²) in [6.45, 7) is 6.56. The summed E-state index contributed by atoms with van der Waals surface area (Å²) >= 11 is 0. The van der Waals surface area contributed by atoms with Crippen LogP contribution in [0.1, 0.15) is 39.5 Å². The van der Waals surface area contributed by atoms with Gasteiger partial charge >= 0.3 is 0 Å². The lowest BCUT2D eigenvalue weighted by Crippen LogP contribution is -2.35. The number of hydrogen-bond donors (Lipinski definition) is 0. The molecule has 1 amide bonds. The smallest absolute Gasteiger partial charge is 0.260 e. The number of hydrogen-bond acceptors (Lipinski definition) is 3. The number of benzene rings is 1. The van der Waals surface area contributed by atoms with Gasteiger partial charge in [-0.15, -0.1) is 0 Å². The highest BCUT2D eigenvalue weighted by Gasteiger charge is 2.27. The monoisotopic (exact) mass is 335 g/mol. The van der Waals surface area contributed by atoms with Crippen molar-refractivity contribution >= 4 is 11.6 Å². The lowest BCUT2D eigenvalue weighted by Gasteiger charge is -2.29. The summed E-state index contributed by atoms with van der Waals surface area (Å²) in [7, 11) is 0. The van der Waals surface area contributed by atoms with E-state index in [1.165, 1.54) is 5.56 Å². The molecule has 0 atom stereocenters. The number of fused-ring (bicyclic) bond motifs is 1. The van der Waals surface area contributed by atoms with Gasteiger partial charge in [-0.25, -0.2) is 0 Å². The van der Waals surface area contributed by atoms with E-state index >= 15 is 0 Å². The van der Waals surface area contributed by atoms with Gasteiger partial charge in [0, 0.05) is 29.7 Å². The second kappa shape index (κ2) is 5.92. The van der Waals surface area contributed by atoms with Gasteiger partial charge in [0.2, 0.25) is 0 Å². The average molecular weight is 335 g/mol. The molecule has 1 aromatic carbocycles. The van der Waals surface area contributed by atoms with Gasteiger partial charge < -0.3 is 9.42 Å². The van der Waals surface area contributed by atoms with E-state index < -0.39 is 0 Å². The highest BCUT2D eigenvalue weighted by atomic mass is 16.5. The molecule has 2 aromatic heterocycles. The van der Waals surface area contributed by atoms with Crippen LogP contribution >= 0.6 is 0 Å². The maximum absolute atomic E-state index is 13.3. The molecule has 0 bridgehead atoms. The Kier molecular flexibility index (Phi) is 3.71. The first-order valence-corrected chi connectivity index (χ1v) is 8.58. The van der Waals surface area contributed by atoms with Crippen LogP contribution in [0.2, 0.25) is 0 Å². The van der Waals surface area contributed by atoms with Crippen molar-refractivity contribution in [2.24, 2.45) is 0 Å². The molecule has 0 aliphatic carbocycles. The van der Waals surface area contributed by atoms with Crippen molar-refractivity contribution in [2.75, 3.05) is 11.4 Å². The van der Waals surface area contributed by atoms with E-state index in [4.69, 9.17) is 4.52 Å². The van der Waals surface area contributed by atoms with Crippen molar-refractivity contribution in [1.82, 2.24) is 9.72 Å². The Labute approximate surface area is 146 Å². The summed E-state index contributed by atoms with van der Waals surface area (Å²) in [5.41, 5.74) is 4.84. The molecule has 3 aromatic rings. The Bertz CT molecular complexity index is 952. The Morgan fingerprint density at radius 3 is 2.72 bits per heavy atom. The first kappa shape index (κ1) is 15.7. The summed E-state index contributed by atoms with van der Waals surface area (Å²) in [4.78, 5) is 15.2. The SMILES string of the molecule is Cc1cc(-n2c(C)cc(C(=O)N3CCCc4ccccc43)c2C)no1. The average Bonchev–Trinajstić information content (AvgIpc) is 3.16. The zero-order chi connectivity index (χ0) is 17.6. The van der Waals surface area contributed by atoms with E-state index in [0.29, 0.717) is 5.82 Å². The van der Waals surface area contributed by atoms with Gasteiger partial charge in [0.15, 0.2) is 5.82 Å². The third-order valence-electron chi connectivity index (χ3n) is 4.86. The van der Waals surface area contributed by atoms with E-state index in [1.807, 2.05) is 60.6 Å². The molecule has 0 fully saturated rings. The number of carbonyl (C=O) groups is 1. The largest absolute Gasteiger partial charge is 0.360 e. The number of para-hydroxylation sites is 1. The topological polar surface area (TPSA) is 51.3 Å². The van der Waals surface area contributed by atoms with E-state index in [1.54, 1.807) is 0 Å². The lowest BCUT2D eigenvalue weighted by molar-refractivity contribution is 0.0984. The number of anilines is 1. The quantitative estimate of drug-likeness (QED) is 0.712. The third kappa shape index (κ3) is 2.56. The van der Waals surface area contributed by atoms with Crippen LogP contribution in [0.15, 0.2) is 40.9 Å². The molecule has 1 aliphatic heterocycles. The fourth-order valence-corrected chi connectivity index (χ4v) is 3.68. The minimum Gasteiger partial charge on any atom is -0.360 e. The molecule has 5 heteroatoms. The van der Waals surface area contributed by atoms with Crippen LogP contribution in [0.5, 0.6) is 0 Å². The molecule has 25 heavy (non-hydrogen) atoms. The Morgan fingerprint density at radius 1 is 1.16 bits per heavy atom. The normalized spacial score (nSPS) is 13.8. The molecule has 0 spiro atoms. The van der Waals surface area contributed by atoms with Crippen LogP contribution < -0.4 is 4.90 Å². The zero-order valence-corrected chi connectivity index (χ0v) is 14.7. The zero-order valence-electron chi connectivity index (χ0n) is 14.7. The van der Waals surface area contributed by atoms with Gasteiger partial charge in [-0.1, -0.05) is 23.4 Å². The lowest BCUT2D eigenvalue weighted by atomic mass is 10.0. The second-order valence-corrected chi connectivity index (χ2v) is 6.61. The highest BCUT2D eigenvalue weighted by Crippen LogP contribution is 2.30. The van der Waals surface area contributed by atoms with Crippen LogP contribution in [0.4, 0.5) is 5.69 Å². The number of rotatable bonds is 2. The first-order valence-electron chi connectivity index (χ1n) is 8.58. The highest BCUT2D eigenvalue weighted by molar-refractivity contribution is 6.07. The van der Waals surface area contributed by atoms with Gasteiger partial charge in [0.25, 0.3) is 5.91 Å². The van der Waals surface area contributed by atoms with E-state index in [0.717, 1.165) is 47.8 Å². The van der Waals surface area contributed by atoms with Crippen LogP contribution in [0.25, 0.3) is 5.82 Å². The minimum absolute atomic E-state index is 0.0479. The molecule has 0 saturated carbocycles. The first-order chi connectivity index (χ1) is 12.1. The standard InChI is InChI=1S/C20H21N3O2/c1-13-11-17(15(3)23(13)19-12-14(2)25-21-19)20(24)22-10-6-8-16-7-4-5-9-18(16)22/h4-5,7,9,11-12H,6,8,10H2,1-3H3. The molecule has 4 rings (SSSR count). The van der Waals surface area contributed by atoms with Crippen molar-refractivity contribution in [1.29, 1.82) is 0 Å². The number of amides is 1. The molecular formula is C20H21N3O2. The fourth-order valence-electron chi connectivity index (χ4n) is 3.68. The fraction of sp³-hybridized carbons (Fsp3) is 0.300. The van der Waals surface area contributed by atoms with Crippen molar-refractivity contribution in [3.05, 3.63) is 64.7 Å². The number of aromatic nitrogens is 2. The molecule has 0 radical (unpaired) electrons. The van der Waals surface area contributed by atoms with Crippen molar-refractivity contribution in [3.63, 3.8) is 0 Å². The van der Waals surface area contributed by atoms with E-state index in [9.17, 15) is 4.79 Å². The molecule has 0 unspecified atom stereocenters. The molecule has 3 heterocycles. The number of carbonyl (C=O) groups excluding carboxylic acids is 1. The maximum Gasteiger partial charge on any atom is 0.260 e. The number of aryl methyl sites for hydroxylation is 3. The second-order valence-electron chi connectivity index (χ2n) is 6.61. The third-order valence-corrected chi connectivity index (χ3v) is 4.86. The predicted molar refractivity (Wildman–Crippen MR) is 96.5 cm³/mol. The van der Waals surface area contributed by atoms with Crippen LogP contribution in [0.3, 0.4) is 0 Å². The van der Waals surface area contributed by atoms with Crippen molar-refractivity contribution < 1.29 is 9.32 Å². The Hall–Kier alpha value is -2.82. The van der Waals surface area contributed by atoms with Gasteiger partial charge in [0.1, 0.15) is 5.76 Å². The molecule has 0 saturated heterocycles. The molecule has 1 aliphatic rings. The van der Waals surface area contributed by atoms with Crippen molar-refractivity contribution in [3.8, 4) is 5.82 Å². The van der Waals surface area contributed by atoms with Crippen LogP contribution in [0, 0.1) is 20.8 Å². The van der Waals surface area contributed by atoms with Gasteiger partial charge in [-0.3, -0.25) is 9.36 Å². The van der Waals surface area contributed by atoms with Crippen LogP contribution in [-0.4, -0.2) is 22.2 Å². The predicted octanol–water partition coefficient (Wildman–Crippen LogP) is 3.98. The van der Waals surface area contributed by atoms with E-state index in [-0.39, 0.29) is 5.91 Å². The summed E-state index contributed by atoms with van der Waals surface area (Å²) < 4.78 is 7.17. The molecule has 5 nitrogen and oxygen atoms in total. The Morgan fingerprint density at radius 2 is 1.96 bits per heavy atom. The molecular weight excluding hydrogens is 314 g/mol. The van der Waals surface area contributed by atoms with Crippen LogP contribution in [-0.2, 0) is 6.42 Å². The van der Waals surface area contributed by atoms with Gasteiger partial charge in [0.05, 0.1) is 5.56 Å². The Balaban J connectivity index is 1.75. The molecule has 0 N–H and O–H groups in total. The van der Waals surface area contributed by atoms with E-state index in [2.05, 4.69) is 11.2 Å². The van der Waals surface area contributed by atoms with Crippen molar-refractivity contribution in [2.45, 2.75) is 33.6 Å². The summed E-state index contributed by atoms with van der Waals surface area (Å²) in [5, 5.41) is 4.09. The molecule has 128 valence electrons.